The number of nitrogens with one attached hydrogen (secondary N) is 1. The summed E-state index contributed by atoms with van der Waals surface area (Å²) < 4.78 is 11.4. The van der Waals surface area contributed by atoms with Gasteiger partial charge in [0.15, 0.2) is 5.79 Å². The van der Waals surface area contributed by atoms with Gasteiger partial charge in [-0.05, 0) is 44.5 Å². The van der Waals surface area contributed by atoms with Crippen LogP contribution in [0.25, 0.3) is 0 Å². The second kappa shape index (κ2) is 7.62. The molecule has 1 spiro atoms. The number of nitrogens with zero attached hydrogens (tertiary/aromatic N) is 2. The van der Waals surface area contributed by atoms with Crippen molar-refractivity contribution in [3.63, 3.8) is 0 Å². The Labute approximate surface area is 150 Å². The van der Waals surface area contributed by atoms with E-state index >= 15 is 0 Å². The van der Waals surface area contributed by atoms with Crippen molar-refractivity contribution in [1.82, 2.24) is 4.90 Å². The monoisotopic (exact) mass is 347 g/mol. The van der Waals surface area contributed by atoms with Gasteiger partial charge in [-0.25, -0.2) is 4.79 Å². The highest BCUT2D eigenvalue weighted by Crippen LogP contribution is 2.31. The molecule has 2 aliphatic heterocycles. The van der Waals surface area contributed by atoms with Crippen LogP contribution in [0.2, 0.25) is 0 Å². The number of benzene rings is 1. The number of urea groups is 1. The first-order valence-electron chi connectivity index (χ1n) is 9.26. The molecule has 0 unspecified atom stereocenters. The molecule has 3 rings (SSSR count). The summed E-state index contributed by atoms with van der Waals surface area (Å²) in [5.74, 6) is -0.446. The van der Waals surface area contributed by atoms with E-state index in [4.69, 9.17) is 9.47 Å². The van der Waals surface area contributed by atoms with Crippen LogP contribution in [-0.2, 0) is 9.47 Å². The molecule has 138 valence electrons. The number of rotatable bonds is 4. The van der Waals surface area contributed by atoms with Gasteiger partial charge in [0.2, 0.25) is 0 Å². The number of carbonyl (C=O) groups is 1. The summed E-state index contributed by atoms with van der Waals surface area (Å²) in [6, 6.07) is 6.15. The zero-order valence-corrected chi connectivity index (χ0v) is 15.5. The maximum Gasteiger partial charge on any atom is 0.321 e. The zero-order chi connectivity index (χ0) is 17.9. The van der Waals surface area contributed by atoms with E-state index < -0.39 is 5.79 Å². The van der Waals surface area contributed by atoms with Crippen molar-refractivity contribution >= 4 is 17.4 Å². The molecule has 1 aromatic rings. The topological polar surface area (TPSA) is 54.0 Å². The lowest BCUT2D eigenvalue weighted by Gasteiger charge is -2.37. The molecule has 6 heteroatoms. The number of likely N-dealkylation sites (tertiary alicyclic amines) is 1. The van der Waals surface area contributed by atoms with Crippen LogP contribution in [0, 0.1) is 6.92 Å². The summed E-state index contributed by atoms with van der Waals surface area (Å²) in [4.78, 5) is 16.7. The smallest absolute Gasteiger partial charge is 0.321 e. The summed E-state index contributed by atoms with van der Waals surface area (Å²) in [5.41, 5.74) is 3.14. The third-order valence-electron chi connectivity index (χ3n) is 5.21. The van der Waals surface area contributed by atoms with Gasteiger partial charge in [0.1, 0.15) is 0 Å². The van der Waals surface area contributed by atoms with E-state index in [2.05, 4.69) is 36.2 Å². The third kappa shape index (κ3) is 3.90. The molecule has 1 N–H and O–H groups in total. The van der Waals surface area contributed by atoms with E-state index in [0.29, 0.717) is 26.3 Å². The Kier molecular flexibility index (Phi) is 5.49. The molecule has 0 saturated carbocycles. The van der Waals surface area contributed by atoms with Crippen molar-refractivity contribution in [2.75, 3.05) is 49.6 Å². The molecule has 0 radical (unpaired) electrons. The van der Waals surface area contributed by atoms with Gasteiger partial charge in [-0.1, -0.05) is 0 Å². The SMILES string of the molecule is CCN(CC)c1ccc(NC(=O)N2CCC3(CC2)OCCO3)c(C)c1. The first kappa shape index (κ1) is 18.0. The van der Waals surface area contributed by atoms with Gasteiger partial charge in [-0.15, -0.1) is 0 Å². The number of aryl methyl sites for hydroxylation is 1. The minimum atomic E-state index is -0.446. The van der Waals surface area contributed by atoms with Crippen LogP contribution in [0.15, 0.2) is 18.2 Å². The van der Waals surface area contributed by atoms with Crippen LogP contribution in [0.4, 0.5) is 16.2 Å². The fraction of sp³-hybridized carbons (Fsp3) is 0.632. The predicted molar refractivity (Wildman–Crippen MR) is 99.2 cm³/mol. The molecule has 6 nitrogen and oxygen atoms in total. The number of ether oxygens (including phenoxy) is 2. The predicted octanol–water partition coefficient (Wildman–Crippen LogP) is 3.21. The Bertz CT molecular complexity index is 600. The van der Waals surface area contributed by atoms with Crippen LogP contribution in [0.3, 0.4) is 0 Å². The first-order chi connectivity index (χ1) is 12.1. The quantitative estimate of drug-likeness (QED) is 0.909. The van der Waals surface area contributed by atoms with Crippen LogP contribution < -0.4 is 10.2 Å². The second-order valence-corrected chi connectivity index (χ2v) is 6.70. The van der Waals surface area contributed by atoms with Crippen molar-refractivity contribution in [3.8, 4) is 0 Å². The van der Waals surface area contributed by atoms with Gasteiger partial charge < -0.3 is 24.6 Å². The number of amides is 2. The van der Waals surface area contributed by atoms with Gasteiger partial charge in [0.25, 0.3) is 0 Å². The van der Waals surface area contributed by atoms with Gasteiger partial charge in [-0.2, -0.15) is 0 Å². The van der Waals surface area contributed by atoms with Crippen LogP contribution in [0.1, 0.15) is 32.3 Å². The Balaban J connectivity index is 1.59. The molecule has 0 bridgehead atoms. The van der Waals surface area contributed by atoms with E-state index in [9.17, 15) is 4.79 Å². The second-order valence-electron chi connectivity index (χ2n) is 6.70. The lowest BCUT2D eigenvalue weighted by atomic mass is 10.0. The summed E-state index contributed by atoms with van der Waals surface area (Å²) in [6.45, 7) is 10.9. The van der Waals surface area contributed by atoms with E-state index in [-0.39, 0.29) is 6.03 Å². The molecule has 0 aromatic heterocycles. The van der Waals surface area contributed by atoms with Crippen molar-refractivity contribution < 1.29 is 14.3 Å². The number of anilines is 2. The highest BCUT2D eigenvalue weighted by molar-refractivity contribution is 5.90. The lowest BCUT2D eigenvalue weighted by molar-refractivity contribution is -0.181. The van der Waals surface area contributed by atoms with Crippen LogP contribution >= 0.6 is 0 Å². The summed E-state index contributed by atoms with van der Waals surface area (Å²) >= 11 is 0. The van der Waals surface area contributed by atoms with Crippen molar-refractivity contribution in [2.24, 2.45) is 0 Å². The molecular weight excluding hydrogens is 318 g/mol. The molecule has 1 aromatic carbocycles. The lowest BCUT2D eigenvalue weighted by Crippen LogP contribution is -2.48. The van der Waals surface area contributed by atoms with Gasteiger partial charge >= 0.3 is 6.03 Å². The van der Waals surface area contributed by atoms with E-state index in [1.165, 1.54) is 5.69 Å². The van der Waals surface area contributed by atoms with Crippen molar-refractivity contribution in [2.45, 2.75) is 39.4 Å². The van der Waals surface area contributed by atoms with Crippen LogP contribution in [-0.4, -0.2) is 56.1 Å². The number of hydrogen-bond donors (Lipinski definition) is 1. The highest BCUT2D eigenvalue weighted by Gasteiger charge is 2.40. The van der Waals surface area contributed by atoms with E-state index in [0.717, 1.165) is 37.2 Å². The normalized spacial score (nSPS) is 19.2. The average Bonchev–Trinajstić information content (AvgIpc) is 3.07. The summed E-state index contributed by atoms with van der Waals surface area (Å²) in [5, 5.41) is 3.05. The molecule has 2 fully saturated rings. The Morgan fingerprint density at radius 2 is 1.84 bits per heavy atom. The van der Waals surface area contributed by atoms with Crippen LogP contribution in [0.5, 0.6) is 0 Å². The van der Waals surface area contributed by atoms with E-state index in [1.54, 1.807) is 0 Å². The Hall–Kier alpha value is -1.79. The Morgan fingerprint density at radius 3 is 2.40 bits per heavy atom. The standard InChI is InChI=1S/C19H29N3O3/c1-4-21(5-2)16-6-7-17(15(3)14-16)20-18(23)22-10-8-19(9-11-22)24-12-13-25-19/h6-7,14H,4-5,8-13H2,1-3H3,(H,20,23). The molecular formula is C19H29N3O3. The minimum Gasteiger partial charge on any atom is -0.372 e. The molecule has 2 amide bonds. The van der Waals surface area contributed by atoms with Gasteiger partial charge in [0.05, 0.1) is 13.2 Å². The summed E-state index contributed by atoms with van der Waals surface area (Å²) in [6.07, 6.45) is 1.47. The van der Waals surface area contributed by atoms with Crippen molar-refractivity contribution in [1.29, 1.82) is 0 Å². The minimum absolute atomic E-state index is 0.0495. The van der Waals surface area contributed by atoms with E-state index in [1.807, 2.05) is 17.9 Å². The zero-order valence-electron chi connectivity index (χ0n) is 15.5. The Morgan fingerprint density at radius 1 is 1.20 bits per heavy atom. The third-order valence-corrected chi connectivity index (χ3v) is 5.21. The first-order valence-corrected chi connectivity index (χ1v) is 9.26. The molecule has 0 aliphatic carbocycles. The van der Waals surface area contributed by atoms with Gasteiger partial charge in [0, 0.05) is 50.4 Å². The molecule has 25 heavy (non-hydrogen) atoms. The van der Waals surface area contributed by atoms with Crippen molar-refractivity contribution in [3.05, 3.63) is 23.8 Å². The molecule has 0 atom stereocenters. The number of piperidine rings is 1. The highest BCUT2D eigenvalue weighted by atomic mass is 16.7. The summed E-state index contributed by atoms with van der Waals surface area (Å²) in [7, 11) is 0. The molecule has 2 saturated heterocycles. The molecule has 2 aliphatic rings. The average molecular weight is 347 g/mol. The maximum absolute atomic E-state index is 12.6. The fourth-order valence-electron chi connectivity index (χ4n) is 3.60. The molecule has 2 heterocycles. The largest absolute Gasteiger partial charge is 0.372 e. The fourth-order valence-corrected chi connectivity index (χ4v) is 3.60. The number of carbonyl (C=O) groups excluding carboxylic acids is 1. The maximum atomic E-state index is 12.6. The van der Waals surface area contributed by atoms with Gasteiger partial charge in [-0.3, -0.25) is 0 Å². The number of hydrogen-bond acceptors (Lipinski definition) is 4.